The molecule has 3 heteroatoms. The summed E-state index contributed by atoms with van der Waals surface area (Å²) >= 11 is 0. The van der Waals surface area contributed by atoms with Crippen molar-refractivity contribution in [3.8, 4) is 0 Å². The highest BCUT2D eigenvalue weighted by molar-refractivity contribution is 5.95. The summed E-state index contributed by atoms with van der Waals surface area (Å²) in [6, 6.07) is 5.44. The Bertz CT molecular complexity index is 508. The highest BCUT2D eigenvalue weighted by Gasteiger charge is 2.36. The Morgan fingerprint density at radius 3 is 2.70 bits per heavy atom. The van der Waals surface area contributed by atoms with E-state index in [2.05, 4.69) is 0 Å². The first-order chi connectivity index (χ1) is 9.68. The lowest BCUT2D eigenvalue weighted by Crippen LogP contribution is -2.39. The zero-order valence-corrected chi connectivity index (χ0v) is 12.1. The van der Waals surface area contributed by atoms with Crippen LogP contribution in [0.4, 0.5) is 4.39 Å². The van der Waals surface area contributed by atoms with Gasteiger partial charge in [-0.15, -0.1) is 0 Å². The van der Waals surface area contributed by atoms with Crippen molar-refractivity contribution in [3.63, 3.8) is 0 Å². The molecule has 2 aliphatic rings. The molecule has 1 amide bonds. The molecule has 1 atom stereocenters. The Kier molecular flexibility index (Phi) is 3.77. The number of hydrogen-bond donors (Lipinski definition) is 0. The van der Waals surface area contributed by atoms with Crippen molar-refractivity contribution in [2.24, 2.45) is 5.92 Å². The third kappa shape index (κ3) is 2.34. The van der Waals surface area contributed by atoms with Gasteiger partial charge in [0.05, 0.1) is 5.56 Å². The van der Waals surface area contributed by atoms with Gasteiger partial charge in [-0.05, 0) is 50.2 Å². The fourth-order valence-corrected chi connectivity index (χ4v) is 3.84. The summed E-state index contributed by atoms with van der Waals surface area (Å²) in [7, 11) is 0. The molecule has 1 aromatic carbocycles. The normalized spacial score (nSPS) is 23.5. The van der Waals surface area contributed by atoms with Crippen LogP contribution in [0.1, 0.15) is 54.4 Å². The van der Waals surface area contributed by atoms with E-state index in [1.54, 1.807) is 25.1 Å². The highest BCUT2D eigenvalue weighted by atomic mass is 19.1. The molecule has 108 valence electrons. The van der Waals surface area contributed by atoms with Crippen LogP contribution in [0.15, 0.2) is 18.2 Å². The maximum Gasteiger partial charge on any atom is 0.257 e. The molecule has 3 rings (SSSR count). The number of hydrogen-bond acceptors (Lipinski definition) is 1. The Morgan fingerprint density at radius 1 is 1.20 bits per heavy atom. The molecule has 2 nitrogen and oxygen atoms in total. The predicted octanol–water partition coefficient (Wildman–Crippen LogP) is 3.93. The van der Waals surface area contributed by atoms with Crippen LogP contribution in [-0.2, 0) is 0 Å². The largest absolute Gasteiger partial charge is 0.335 e. The molecular weight excluding hydrogens is 253 g/mol. The average Bonchev–Trinajstić information content (AvgIpc) is 3.10. The standard InChI is InChI=1S/C17H22FNO/c1-12-6-4-9-14(16(12)18)17(20)19-11-5-10-15(19)13-7-2-3-8-13/h4,6,9,13,15H,2-3,5,7-8,10-11H2,1H3. The molecule has 0 N–H and O–H groups in total. The second kappa shape index (κ2) is 5.55. The minimum Gasteiger partial charge on any atom is -0.335 e. The van der Waals surface area contributed by atoms with E-state index in [4.69, 9.17) is 0 Å². The first-order valence-corrected chi connectivity index (χ1v) is 7.74. The Labute approximate surface area is 120 Å². The number of nitrogens with zero attached hydrogens (tertiary/aromatic N) is 1. The summed E-state index contributed by atoms with van der Waals surface area (Å²) < 4.78 is 14.2. The van der Waals surface area contributed by atoms with Gasteiger partial charge in [-0.25, -0.2) is 4.39 Å². The molecule has 1 saturated heterocycles. The van der Waals surface area contributed by atoms with Crippen LogP contribution in [0.5, 0.6) is 0 Å². The first kappa shape index (κ1) is 13.6. The third-order valence-electron chi connectivity index (χ3n) is 4.93. The first-order valence-electron chi connectivity index (χ1n) is 7.74. The fraction of sp³-hybridized carbons (Fsp3) is 0.588. The molecule has 0 bridgehead atoms. The van der Waals surface area contributed by atoms with Gasteiger partial charge in [0.15, 0.2) is 0 Å². The van der Waals surface area contributed by atoms with Gasteiger partial charge in [0, 0.05) is 12.6 Å². The number of carbonyl (C=O) groups excluding carboxylic acids is 1. The van der Waals surface area contributed by atoms with E-state index >= 15 is 0 Å². The number of likely N-dealkylation sites (tertiary alicyclic amines) is 1. The number of carbonyl (C=O) groups is 1. The molecule has 1 aromatic rings. The van der Waals surface area contributed by atoms with Crippen LogP contribution in [0, 0.1) is 18.7 Å². The maximum atomic E-state index is 14.2. The minimum atomic E-state index is -0.352. The highest BCUT2D eigenvalue weighted by Crippen LogP contribution is 2.36. The van der Waals surface area contributed by atoms with E-state index in [1.807, 2.05) is 4.90 Å². The molecule has 1 unspecified atom stereocenters. The summed E-state index contributed by atoms with van der Waals surface area (Å²) in [5, 5.41) is 0. The number of aryl methyl sites for hydroxylation is 1. The number of rotatable bonds is 2. The van der Waals surface area contributed by atoms with Crippen LogP contribution < -0.4 is 0 Å². The van der Waals surface area contributed by atoms with Crippen LogP contribution in [0.25, 0.3) is 0 Å². The van der Waals surface area contributed by atoms with Crippen molar-refractivity contribution in [3.05, 3.63) is 35.1 Å². The molecule has 1 saturated carbocycles. The van der Waals surface area contributed by atoms with Crippen molar-refractivity contribution in [1.29, 1.82) is 0 Å². The molecule has 1 aliphatic heterocycles. The van der Waals surface area contributed by atoms with Gasteiger partial charge in [-0.1, -0.05) is 25.0 Å². The van der Waals surface area contributed by atoms with Crippen LogP contribution >= 0.6 is 0 Å². The van der Waals surface area contributed by atoms with Gasteiger partial charge in [-0.3, -0.25) is 4.79 Å². The maximum absolute atomic E-state index is 14.2. The lowest BCUT2D eigenvalue weighted by molar-refractivity contribution is 0.0684. The molecule has 0 spiro atoms. The van der Waals surface area contributed by atoms with Crippen molar-refractivity contribution in [2.75, 3.05) is 6.54 Å². The molecule has 0 radical (unpaired) electrons. The Balaban J connectivity index is 1.83. The van der Waals surface area contributed by atoms with Crippen molar-refractivity contribution < 1.29 is 9.18 Å². The van der Waals surface area contributed by atoms with Crippen molar-refractivity contribution >= 4 is 5.91 Å². The van der Waals surface area contributed by atoms with Gasteiger partial charge in [0.2, 0.25) is 0 Å². The van der Waals surface area contributed by atoms with Crippen LogP contribution in [-0.4, -0.2) is 23.4 Å². The molecule has 2 fully saturated rings. The fourth-order valence-electron chi connectivity index (χ4n) is 3.84. The zero-order chi connectivity index (χ0) is 14.1. The smallest absolute Gasteiger partial charge is 0.257 e. The van der Waals surface area contributed by atoms with Gasteiger partial charge in [0.1, 0.15) is 5.82 Å². The number of amides is 1. The second-order valence-electron chi connectivity index (χ2n) is 6.19. The van der Waals surface area contributed by atoms with E-state index in [9.17, 15) is 9.18 Å². The Morgan fingerprint density at radius 2 is 1.95 bits per heavy atom. The zero-order valence-electron chi connectivity index (χ0n) is 12.1. The van der Waals surface area contributed by atoms with Gasteiger partial charge < -0.3 is 4.90 Å². The lowest BCUT2D eigenvalue weighted by Gasteiger charge is -2.29. The number of halogens is 1. The molecule has 1 aliphatic carbocycles. The second-order valence-corrected chi connectivity index (χ2v) is 6.19. The van der Waals surface area contributed by atoms with E-state index in [0.29, 0.717) is 17.5 Å². The summed E-state index contributed by atoms with van der Waals surface area (Å²) in [6.45, 7) is 2.50. The molecular formula is C17H22FNO. The average molecular weight is 275 g/mol. The van der Waals surface area contributed by atoms with Gasteiger partial charge in [-0.2, -0.15) is 0 Å². The molecule has 0 aromatic heterocycles. The molecule has 1 heterocycles. The Hall–Kier alpha value is -1.38. The van der Waals surface area contributed by atoms with Crippen LogP contribution in [0.2, 0.25) is 0 Å². The SMILES string of the molecule is Cc1cccc(C(=O)N2CCCC2C2CCCC2)c1F. The monoisotopic (exact) mass is 275 g/mol. The summed E-state index contributed by atoms with van der Waals surface area (Å²) in [4.78, 5) is 14.6. The minimum absolute atomic E-state index is 0.111. The summed E-state index contributed by atoms with van der Waals surface area (Å²) in [6.07, 6.45) is 7.16. The quantitative estimate of drug-likeness (QED) is 0.801. The van der Waals surface area contributed by atoms with Gasteiger partial charge in [0.25, 0.3) is 5.91 Å². The topological polar surface area (TPSA) is 20.3 Å². The van der Waals surface area contributed by atoms with Crippen LogP contribution in [0.3, 0.4) is 0 Å². The van der Waals surface area contributed by atoms with E-state index in [0.717, 1.165) is 19.4 Å². The summed E-state index contributed by atoms with van der Waals surface area (Å²) in [5.74, 6) is 0.171. The predicted molar refractivity (Wildman–Crippen MR) is 77.2 cm³/mol. The van der Waals surface area contributed by atoms with Crippen molar-refractivity contribution in [2.45, 2.75) is 51.5 Å². The van der Waals surface area contributed by atoms with Gasteiger partial charge >= 0.3 is 0 Å². The summed E-state index contributed by atoms with van der Waals surface area (Å²) in [5.41, 5.74) is 0.794. The van der Waals surface area contributed by atoms with E-state index in [-0.39, 0.29) is 17.3 Å². The number of benzene rings is 1. The van der Waals surface area contributed by atoms with E-state index in [1.165, 1.54) is 25.7 Å². The molecule has 20 heavy (non-hydrogen) atoms. The lowest BCUT2D eigenvalue weighted by atomic mass is 9.95. The van der Waals surface area contributed by atoms with Crippen molar-refractivity contribution in [1.82, 2.24) is 4.90 Å². The van der Waals surface area contributed by atoms with E-state index < -0.39 is 0 Å². The third-order valence-corrected chi connectivity index (χ3v) is 4.93.